The lowest BCUT2D eigenvalue weighted by Gasteiger charge is -2.15. The van der Waals surface area contributed by atoms with E-state index < -0.39 is 0 Å². The van der Waals surface area contributed by atoms with Crippen molar-refractivity contribution in [3.05, 3.63) is 84.2 Å². The summed E-state index contributed by atoms with van der Waals surface area (Å²) >= 11 is 0. The molecule has 0 spiro atoms. The fourth-order valence-electron chi connectivity index (χ4n) is 4.11. The Kier molecular flexibility index (Phi) is 4.06. The first-order valence-corrected chi connectivity index (χ1v) is 9.49. The van der Waals surface area contributed by atoms with Gasteiger partial charge in [-0.3, -0.25) is 0 Å². The monoisotopic (exact) mass is 365 g/mol. The van der Waals surface area contributed by atoms with Crippen molar-refractivity contribution < 1.29 is 4.74 Å². The predicted molar refractivity (Wildman–Crippen MR) is 109 cm³/mol. The highest BCUT2D eigenvalue weighted by Gasteiger charge is 2.27. The minimum Gasteiger partial charge on any atom is -0.479 e. The number of aryl methyl sites for hydroxylation is 1. The molecule has 136 valence electrons. The third-order valence-corrected chi connectivity index (χ3v) is 5.37. The topological polar surface area (TPSA) is 50.8 Å². The quantitative estimate of drug-likeness (QED) is 0.503. The van der Waals surface area contributed by atoms with Crippen LogP contribution in [0, 0.1) is 11.3 Å². The molecule has 28 heavy (non-hydrogen) atoms. The van der Waals surface area contributed by atoms with Crippen LogP contribution < -0.4 is 4.74 Å². The molecule has 3 aromatic carbocycles. The number of nitriles is 1. The fourth-order valence-corrected chi connectivity index (χ4v) is 4.11. The molecule has 0 bridgehead atoms. The van der Waals surface area contributed by atoms with Gasteiger partial charge in [0.1, 0.15) is 17.6 Å². The zero-order valence-electron chi connectivity index (χ0n) is 15.4. The van der Waals surface area contributed by atoms with E-state index in [2.05, 4.69) is 59.2 Å². The third kappa shape index (κ3) is 2.82. The largest absolute Gasteiger partial charge is 0.479 e. The molecule has 0 amide bonds. The van der Waals surface area contributed by atoms with Crippen molar-refractivity contribution >= 4 is 11.0 Å². The Hall–Kier alpha value is -3.58. The van der Waals surface area contributed by atoms with Gasteiger partial charge in [0.05, 0.1) is 17.1 Å². The Labute approximate surface area is 163 Å². The Bertz CT molecular complexity index is 1190. The predicted octanol–water partition coefficient (Wildman–Crippen LogP) is 5.14. The summed E-state index contributed by atoms with van der Waals surface area (Å²) in [7, 11) is 0. The summed E-state index contributed by atoms with van der Waals surface area (Å²) in [6.45, 7) is 0.0530. The van der Waals surface area contributed by atoms with Gasteiger partial charge in [0.25, 0.3) is 0 Å². The highest BCUT2D eigenvalue weighted by molar-refractivity contribution is 5.83. The van der Waals surface area contributed by atoms with E-state index in [0.29, 0.717) is 11.8 Å². The first-order chi connectivity index (χ1) is 13.8. The molecule has 2 heterocycles. The van der Waals surface area contributed by atoms with E-state index >= 15 is 0 Å². The van der Waals surface area contributed by atoms with Crippen molar-refractivity contribution in [3.8, 4) is 22.9 Å². The molecule has 1 aliphatic heterocycles. The van der Waals surface area contributed by atoms with E-state index in [1.54, 1.807) is 0 Å². The second-order valence-corrected chi connectivity index (χ2v) is 7.04. The summed E-state index contributed by atoms with van der Waals surface area (Å²) in [6, 6.07) is 27.3. The van der Waals surface area contributed by atoms with Crippen molar-refractivity contribution in [2.45, 2.75) is 18.9 Å². The molecule has 1 aliphatic rings. The number of rotatable bonds is 4. The molecule has 0 fully saturated rings. The highest BCUT2D eigenvalue weighted by atomic mass is 16.5. The number of nitrogens with zero attached hydrogens (tertiary/aromatic N) is 3. The maximum Gasteiger partial charge on any atom is 0.174 e. The Balaban J connectivity index is 1.58. The Morgan fingerprint density at radius 3 is 2.71 bits per heavy atom. The Morgan fingerprint density at radius 1 is 1.00 bits per heavy atom. The van der Waals surface area contributed by atoms with Gasteiger partial charge in [-0.2, -0.15) is 5.26 Å². The van der Waals surface area contributed by atoms with E-state index in [0.717, 1.165) is 35.3 Å². The van der Waals surface area contributed by atoms with Crippen molar-refractivity contribution in [2.75, 3.05) is 6.61 Å². The minimum absolute atomic E-state index is 0.0530. The number of fused-ring (bicyclic) bond motifs is 3. The van der Waals surface area contributed by atoms with Gasteiger partial charge in [-0.05, 0) is 47.4 Å². The molecule has 0 N–H and O–H groups in total. The summed E-state index contributed by atoms with van der Waals surface area (Å²) in [5, 5.41) is 8.73. The average molecular weight is 365 g/mol. The zero-order valence-corrected chi connectivity index (χ0v) is 15.4. The molecule has 1 unspecified atom stereocenters. The van der Waals surface area contributed by atoms with Gasteiger partial charge in [-0.15, -0.1) is 0 Å². The third-order valence-electron chi connectivity index (χ3n) is 5.37. The van der Waals surface area contributed by atoms with Gasteiger partial charge < -0.3 is 9.30 Å². The Morgan fingerprint density at radius 2 is 1.86 bits per heavy atom. The van der Waals surface area contributed by atoms with Gasteiger partial charge in [-0.1, -0.05) is 48.5 Å². The first-order valence-electron chi connectivity index (χ1n) is 9.49. The van der Waals surface area contributed by atoms with E-state index in [9.17, 15) is 0 Å². The second-order valence-electron chi connectivity index (χ2n) is 7.04. The first kappa shape index (κ1) is 16.6. The van der Waals surface area contributed by atoms with Crippen molar-refractivity contribution in [3.63, 3.8) is 0 Å². The number of hydrogen-bond acceptors (Lipinski definition) is 3. The fraction of sp³-hybridized carbons (Fsp3) is 0.167. The maximum atomic E-state index is 8.73. The van der Waals surface area contributed by atoms with Crippen LogP contribution in [0.2, 0.25) is 0 Å². The van der Waals surface area contributed by atoms with Crippen LogP contribution in [0.25, 0.3) is 22.2 Å². The normalized spacial score (nSPS) is 15.3. The number of benzene rings is 3. The second kappa shape index (κ2) is 6.86. The molecule has 1 aromatic heterocycles. The molecule has 1 atom stereocenters. The lowest BCUT2D eigenvalue weighted by Crippen LogP contribution is -2.05. The molecular weight excluding hydrogens is 346 g/mol. The molecular formula is C24H19N3O. The SMILES string of the molecule is N#CCOc1cccc(-c2ccc3nc4n(c3c2)C(c2ccccc2)CC4)c1. The zero-order chi connectivity index (χ0) is 18.9. The average Bonchev–Trinajstić information content (AvgIpc) is 3.32. The highest BCUT2D eigenvalue weighted by Crippen LogP contribution is 2.37. The molecule has 0 saturated carbocycles. The summed E-state index contributed by atoms with van der Waals surface area (Å²) in [4.78, 5) is 4.86. The summed E-state index contributed by atoms with van der Waals surface area (Å²) in [6.07, 6.45) is 2.09. The molecule has 5 rings (SSSR count). The molecule has 4 heteroatoms. The van der Waals surface area contributed by atoms with Crippen LogP contribution in [-0.4, -0.2) is 16.2 Å². The van der Waals surface area contributed by atoms with Gasteiger partial charge >= 0.3 is 0 Å². The summed E-state index contributed by atoms with van der Waals surface area (Å²) in [5.41, 5.74) is 5.73. The molecule has 0 saturated heterocycles. The number of hydrogen-bond donors (Lipinski definition) is 0. The van der Waals surface area contributed by atoms with Crippen LogP contribution in [-0.2, 0) is 6.42 Å². The molecule has 4 aromatic rings. The van der Waals surface area contributed by atoms with Crippen molar-refractivity contribution in [1.29, 1.82) is 5.26 Å². The minimum atomic E-state index is 0.0530. The smallest absolute Gasteiger partial charge is 0.174 e. The van der Waals surface area contributed by atoms with E-state index in [-0.39, 0.29) is 6.61 Å². The van der Waals surface area contributed by atoms with Gasteiger partial charge in [0.15, 0.2) is 6.61 Å². The number of ether oxygens (including phenoxy) is 1. The number of aromatic nitrogens is 2. The lowest BCUT2D eigenvalue weighted by molar-refractivity contribution is 0.368. The summed E-state index contributed by atoms with van der Waals surface area (Å²) < 4.78 is 7.85. The van der Waals surface area contributed by atoms with Crippen LogP contribution >= 0.6 is 0 Å². The van der Waals surface area contributed by atoms with Crippen LogP contribution in [0.5, 0.6) is 5.75 Å². The standard InChI is InChI=1S/C24H19N3O/c25-13-14-28-20-8-4-7-18(15-20)19-9-10-21-23(16-19)27-22(11-12-24(27)26-21)17-5-2-1-3-6-17/h1-10,15-16,22H,11-12,14H2. The van der Waals surface area contributed by atoms with Crippen molar-refractivity contribution in [2.24, 2.45) is 0 Å². The van der Waals surface area contributed by atoms with E-state index in [1.165, 1.54) is 11.1 Å². The van der Waals surface area contributed by atoms with Crippen molar-refractivity contribution in [1.82, 2.24) is 9.55 Å². The van der Waals surface area contributed by atoms with Crippen LogP contribution in [0.4, 0.5) is 0 Å². The van der Waals surface area contributed by atoms with E-state index in [1.807, 2.05) is 24.3 Å². The van der Waals surface area contributed by atoms with Gasteiger partial charge in [0.2, 0.25) is 0 Å². The van der Waals surface area contributed by atoms with Crippen LogP contribution in [0.3, 0.4) is 0 Å². The maximum absolute atomic E-state index is 8.73. The number of imidazole rings is 1. The van der Waals surface area contributed by atoms with Crippen LogP contribution in [0.1, 0.15) is 23.9 Å². The van der Waals surface area contributed by atoms with Gasteiger partial charge in [-0.25, -0.2) is 4.98 Å². The van der Waals surface area contributed by atoms with Crippen LogP contribution in [0.15, 0.2) is 72.8 Å². The molecule has 0 radical (unpaired) electrons. The lowest BCUT2D eigenvalue weighted by atomic mass is 10.0. The molecule has 0 aliphatic carbocycles. The van der Waals surface area contributed by atoms with E-state index in [4.69, 9.17) is 15.0 Å². The molecule has 4 nitrogen and oxygen atoms in total. The van der Waals surface area contributed by atoms with Gasteiger partial charge in [0, 0.05) is 6.42 Å². The summed E-state index contributed by atoms with van der Waals surface area (Å²) in [5.74, 6) is 1.87.